The van der Waals surface area contributed by atoms with Crippen molar-refractivity contribution in [2.75, 3.05) is 19.6 Å². The Morgan fingerprint density at radius 1 is 1.26 bits per heavy atom. The van der Waals surface area contributed by atoms with Gasteiger partial charge in [-0.05, 0) is 56.2 Å². The smallest absolute Gasteiger partial charge is 0.376 e. The van der Waals surface area contributed by atoms with Gasteiger partial charge in [0.05, 0.1) is 23.8 Å². The van der Waals surface area contributed by atoms with E-state index in [0.29, 0.717) is 12.0 Å². The van der Waals surface area contributed by atoms with Crippen LogP contribution in [0, 0.1) is 5.92 Å². The van der Waals surface area contributed by atoms with Gasteiger partial charge in [0.2, 0.25) is 5.91 Å². The highest BCUT2D eigenvalue weighted by Gasteiger charge is 2.32. The first-order valence-corrected chi connectivity index (χ1v) is 11.4. The SMILES string of the molecule is C=C/N=C\C(=C)C(C)CCC(C)N1CC(NC(=O)CNC(=C)c2cc(C(F)(F)F)ccc2N=C)C1. The maximum Gasteiger partial charge on any atom is 0.416 e. The molecular weight excluding hydrogens is 455 g/mol. The molecule has 0 spiro atoms. The van der Waals surface area contributed by atoms with Gasteiger partial charge in [0.25, 0.3) is 0 Å². The number of amides is 1. The molecule has 1 heterocycles. The molecular formula is C26H34F3N5O. The van der Waals surface area contributed by atoms with E-state index < -0.39 is 11.7 Å². The first kappa shape index (κ1) is 28.0. The number of likely N-dealkylation sites (tertiary alicyclic amines) is 1. The van der Waals surface area contributed by atoms with Gasteiger partial charge >= 0.3 is 6.18 Å². The normalized spacial score (nSPS) is 16.3. The molecule has 2 atom stereocenters. The van der Waals surface area contributed by atoms with Crippen LogP contribution in [0.3, 0.4) is 0 Å². The molecule has 2 N–H and O–H groups in total. The van der Waals surface area contributed by atoms with Crippen molar-refractivity contribution < 1.29 is 18.0 Å². The number of nitrogens with zero attached hydrogens (tertiary/aromatic N) is 3. The van der Waals surface area contributed by atoms with Crippen LogP contribution in [0.2, 0.25) is 0 Å². The quantitative estimate of drug-likeness (QED) is 0.384. The van der Waals surface area contributed by atoms with Crippen LogP contribution < -0.4 is 10.6 Å². The Balaban J connectivity index is 1.76. The molecule has 35 heavy (non-hydrogen) atoms. The van der Waals surface area contributed by atoms with Crippen molar-refractivity contribution in [2.45, 2.75) is 44.9 Å². The Hall–Kier alpha value is -3.20. The molecule has 1 amide bonds. The summed E-state index contributed by atoms with van der Waals surface area (Å²) >= 11 is 0. The Labute approximate surface area is 205 Å². The molecule has 1 aromatic carbocycles. The van der Waals surface area contributed by atoms with Gasteiger partial charge in [0.15, 0.2) is 0 Å². The van der Waals surface area contributed by atoms with Crippen LogP contribution in [-0.4, -0.2) is 55.5 Å². The monoisotopic (exact) mass is 489 g/mol. The average Bonchev–Trinajstić information content (AvgIpc) is 2.79. The van der Waals surface area contributed by atoms with Gasteiger partial charge in [-0.25, -0.2) is 0 Å². The highest BCUT2D eigenvalue weighted by Crippen LogP contribution is 2.34. The minimum Gasteiger partial charge on any atom is -0.376 e. The fourth-order valence-corrected chi connectivity index (χ4v) is 3.75. The van der Waals surface area contributed by atoms with Crippen LogP contribution in [0.4, 0.5) is 18.9 Å². The lowest BCUT2D eigenvalue weighted by Crippen LogP contribution is -2.62. The third-order valence-electron chi connectivity index (χ3n) is 6.18. The molecule has 2 unspecified atom stereocenters. The van der Waals surface area contributed by atoms with E-state index in [1.165, 1.54) is 12.3 Å². The standard InChI is InChI=1S/C26H34F3N5O/c1-7-31-13-18(3)17(2)8-9-19(4)34-15-22(16-34)33-25(35)14-32-20(5)23-12-21(26(27,28)29)10-11-24(23)30-6/h7,10-13,17,19,22,32H,1,3,5-6,8-9,14-16H2,2,4H3,(H,33,35)/b31-13-. The first-order chi connectivity index (χ1) is 16.5. The predicted molar refractivity (Wildman–Crippen MR) is 137 cm³/mol. The first-order valence-electron chi connectivity index (χ1n) is 11.4. The van der Waals surface area contributed by atoms with E-state index in [1.807, 2.05) is 0 Å². The molecule has 0 aromatic heterocycles. The number of alkyl halides is 3. The summed E-state index contributed by atoms with van der Waals surface area (Å²) in [6, 6.07) is 3.52. The lowest BCUT2D eigenvalue weighted by Gasteiger charge is -2.43. The van der Waals surface area contributed by atoms with Crippen molar-refractivity contribution in [3.63, 3.8) is 0 Å². The number of halogens is 3. The van der Waals surface area contributed by atoms with E-state index in [4.69, 9.17) is 0 Å². The van der Waals surface area contributed by atoms with Crippen LogP contribution in [0.15, 0.2) is 59.7 Å². The van der Waals surface area contributed by atoms with E-state index in [9.17, 15) is 18.0 Å². The van der Waals surface area contributed by atoms with E-state index in [1.54, 1.807) is 6.21 Å². The molecule has 1 fully saturated rings. The second kappa shape index (κ2) is 12.5. The summed E-state index contributed by atoms with van der Waals surface area (Å²) in [7, 11) is 0. The van der Waals surface area contributed by atoms with Crippen LogP contribution in [0.5, 0.6) is 0 Å². The number of hydrogen-bond donors (Lipinski definition) is 2. The van der Waals surface area contributed by atoms with Crippen molar-refractivity contribution in [1.82, 2.24) is 15.5 Å². The summed E-state index contributed by atoms with van der Waals surface area (Å²) in [5.41, 5.74) is 0.733. The zero-order chi connectivity index (χ0) is 26.2. The minimum absolute atomic E-state index is 0.0334. The van der Waals surface area contributed by atoms with Gasteiger partial charge < -0.3 is 10.6 Å². The number of rotatable bonds is 13. The van der Waals surface area contributed by atoms with Crippen LogP contribution in [0.1, 0.15) is 37.8 Å². The van der Waals surface area contributed by atoms with Gasteiger partial charge in [0.1, 0.15) is 0 Å². The second-order valence-corrected chi connectivity index (χ2v) is 8.80. The number of hydrogen-bond acceptors (Lipinski definition) is 5. The van der Waals surface area contributed by atoms with Crippen molar-refractivity contribution in [3.05, 3.63) is 60.8 Å². The van der Waals surface area contributed by atoms with Crippen LogP contribution in [0.25, 0.3) is 5.70 Å². The Kier molecular flexibility index (Phi) is 10.0. The predicted octanol–water partition coefficient (Wildman–Crippen LogP) is 4.97. The number of nitrogens with one attached hydrogen (secondary N) is 2. The summed E-state index contributed by atoms with van der Waals surface area (Å²) in [4.78, 5) is 22.4. The summed E-state index contributed by atoms with van der Waals surface area (Å²) < 4.78 is 39.1. The number of carbonyl (C=O) groups excluding carboxylic acids is 1. The highest BCUT2D eigenvalue weighted by atomic mass is 19.4. The van der Waals surface area contributed by atoms with Crippen molar-refractivity contribution in [2.24, 2.45) is 15.9 Å². The number of benzene rings is 1. The maximum absolute atomic E-state index is 13.0. The lowest BCUT2D eigenvalue weighted by molar-refractivity contribution is -0.137. The molecule has 0 saturated carbocycles. The molecule has 0 radical (unpaired) electrons. The zero-order valence-electron chi connectivity index (χ0n) is 20.4. The molecule has 6 nitrogen and oxygen atoms in total. The molecule has 1 aliphatic rings. The van der Waals surface area contributed by atoms with Crippen molar-refractivity contribution in [1.29, 1.82) is 0 Å². The van der Waals surface area contributed by atoms with E-state index in [2.05, 4.69) is 65.8 Å². The Bertz CT molecular complexity index is 980. The van der Waals surface area contributed by atoms with Gasteiger partial charge in [-0.1, -0.05) is 26.7 Å². The van der Waals surface area contributed by atoms with Gasteiger partial charge in [-0.3, -0.25) is 19.7 Å². The lowest BCUT2D eigenvalue weighted by atomic mass is 9.94. The number of aliphatic imine (C=N–C) groups is 2. The molecule has 1 aromatic rings. The van der Waals surface area contributed by atoms with Crippen molar-refractivity contribution >= 4 is 30.2 Å². The molecule has 0 bridgehead atoms. The zero-order valence-corrected chi connectivity index (χ0v) is 20.4. The van der Waals surface area contributed by atoms with E-state index in [-0.39, 0.29) is 35.4 Å². The van der Waals surface area contributed by atoms with Gasteiger partial charge in [0, 0.05) is 42.8 Å². The third-order valence-corrected chi connectivity index (χ3v) is 6.18. The molecule has 1 saturated heterocycles. The Morgan fingerprint density at radius 2 is 1.94 bits per heavy atom. The van der Waals surface area contributed by atoms with Gasteiger partial charge in [-0.2, -0.15) is 13.2 Å². The minimum atomic E-state index is -4.49. The van der Waals surface area contributed by atoms with Crippen LogP contribution >= 0.6 is 0 Å². The summed E-state index contributed by atoms with van der Waals surface area (Å²) in [6.07, 6.45) is 0.717. The average molecular weight is 490 g/mol. The van der Waals surface area contributed by atoms with E-state index >= 15 is 0 Å². The fourth-order valence-electron chi connectivity index (χ4n) is 3.75. The summed E-state index contributed by atoms with van der Waals surface area (Å²) in [5, 5.41) is 5.73. The third kappa shape index (κ3) is 8.20. The largest absolute Gasteiger partial charge is 0.416 e. The molecule has 2 rings (SSSR count). The van der Waals surface area contributed by atoms with Gasteiger partial charge in [-0.15, -0.1) is 0 Å². The number of allylic oxidation sites excluding steroid dienone is 1. The summed E-state index contributed by atoms with van der Waals surface area (Å²) in [5.74, 6) is 0.0701. The highest BCUT2D eigenvalue weighted by molar-refractivity contribution is 5.82. The fraction of sp³-hybridized carbons (Fsp3) is 0.423. The second-order valence-electron chi connectivity index (χ2n) is 8.80. The summed E-state index contributed by atoms with van der Waals surface area (Å²) in [6.45, 7) is 20.4. The van der Waals surface area contributed by atoms with E-state index in [0.717, 1.165) is 43.6 Å². The molecule has 0 aliphatic carbocycles. The Morgan fingerprint density at radius 3 is 2.54 bits per heavy atom. The molecule has 1 aliphatic heterocycles. The van der Waals surface area contributed by atoms with Crippen molar-refractivity contribution in [3.8, 4) is 0 Å². The molecule has 9 heteroatoms. The topological polar surface area (TPSA) is 69.1 Å². The number of carbonyl (C=O) groups is 1. The molecule has 190 valence electrons. The van der Waals surface area contributed by atoms with Crippen LogP contribution in [-0.2, 0) is 11.0 Å². The maximum atomic E-state index is 13.0.